The Labute approximate surface area is 229 Å². The molecule has 2 atom stereocenters. The van der Waals surface area contributed by atoms with Gasteiger partial charge in [0.25, 0.3) is 0 Å². The summed E-state index contributed by atoms with van der Waals surface area (Å²) in [5.74, 6) is 0.447. The monoisotopic (exact) mass is 523 g/mol. The molecule has 0 saturated carbocycles. The molecule has 0 bridgehead atoms. The number of carbonyl (C=O) groups is 2. The molecule has 5 rings (SSSR count). The maximum Gasteiger partial charge on any atom is 0.336 e. The summed E-state index contributed by atoms with van der Waals surface area (Å²) >= 11 is 0. The summed E-state index contributed by atoms with van der Waals surface area (Å²) in [6, 6.07) is 25.4. The summed E-state index contributed by atoms with van der Waals surface area (Å²) < 4.78 is 16.8. The highest BCUT2D eigenvalue weighted by atomic mass is 16.5. The van der Waals surface area contributed by atoms with Crippen molar-refractivity contribution in [2.24, 2.45) is 0 Å². The zero-order valence-electron chi connectivity index (χ0n) is 22.5. The normalized spacial score (nSPS) is 18.8. The first-order valence-corrected chi connectivity index (χ1v) is 13.2. The van der Waals surface area contributed by atoms with Crippen molar-refractivity contribution in [3.05, 3.63) is 118 Å². The van der Waals surface area contributed by atoms with E-state index < -0.39 is 11.9 Å². The Morgan fingerprint density at radius 2 is 1.62 bits per heavy atom. The first-order chi connectivity index (χ1) is 19.0. The van der Waals surface area contributed by atoms with Gasteiger partial charge in [0, 0.05) is 35.4 Å². The number of para-hydroxylation sites is 1. The van der Waals surface area contributed by atoms with Crippen LogP contribution in [0.5, 0.6) is 11.5 Å². The molecule has 0 amide bonds. The molecule has 3 aromatic carbocycles. The van der Waals surface area contributed by atoms with Gasteiger partial charge in [-0.3, -0.25) is 4.79 Å². The summed E-state index contributed by atoms with van der Waals surface area (Å²) in [5, 5.41) is 3.42. The molecule has 1 N–H and O–H groups in total. The second-order valence-corrected chi connectivity index (χ2v) is 9.90. The molecule has 6 heteroatoms. The van der Waals surface area contributed by atoms with Gasteiger partial charge in [0.2, 0.25) is 0 Å². The van der Waals surface area contributed by atoms with E-state index in [2.05, 4.69) is 5.32 Å². The zero-order valence-corrected chi connectivity index (χ0v) is 22.5. The van der Waals surface area contributed by atoms with Gasteiger partial charge < -0.3 is 19.5 Å². The largest absolute Gasteiger partial charge is 0.497 e. The van der Waals surface area contributed by atoms with Crippen LogP contribution in [0, 0.1) is 0 Å². The smallest absolute Gasteiger partial charge is 0.336 e. The Hall–Kier alpha value is -4.32. The van der Waals surface area contributed by atoms with E-state index >= 15 is 0 Å². The molecule has 39 heavy (non-hydrogen) atoms. The van der Waals surface area contributed by atoms with Gasteiger partial charge in [0.15, 0.2) is 5.78 Å². The number of hydrogen-bond donors (Lipinski definition) is 1. The average Bonchev–Trinajstić information content (AvgIpc) is 2.96. The lowest BCUT2D eigenvalue weighted by Gasteiger charge is -2.37. The molecule has 1 aliphatic heterocycles. The van der Waals surface area contributed by atoms with Gasteiger partial charge in [-0.15, -0.1) is 0 Å². The van der Waals surface area contributed by atoms with E-state index in [0.717, 1.165) is 28.1 Å². The number of nitrogens with one attached hydrogen (secondary N) is 1. The number of hydrogen-bond acceptors (Lipinski definition) is 6. The van der Waals surface area contributed by atoms with Crippen LogP contribution in [0.4, 0.5) is 0 Å². The summed E-state index contributed by atoms with van der Waals surface area (Å²) in [4.78, 5) is 27.5. The van der Waals surface area contributed by atoms with Crippen LogP contribution in [-0.2, 0) is 20.7 Å². The number of ether oxygens (including phenoxy) is 3. The van der Waals surface area contributed by atoms with Crippen LogP contribution in [0.3, 0.4) is 0 Å². The minimum absolute atomic E-state index is 0.0163. The highest BCUT2D eigenvalue weighted by molar-refractivity contribution is 6.04. The van der Waals surface area contributed by atoms with E-state index in [9.17, 15) is 9.59 Å². The number of methoxy groups -OCH3 is 2. The first-order valence-electron chi connectivity index (χ1n) is 13.2. The quantitative estimate of drug-likeness (QED) is 0.374. The van der Waals surface area contributed by atoms with E-state index in [1.807, 2.05) is 85.8 Å². The van der Waals surface area contributed by atoms with Crippen molar-refractivity contribution in [1.29, 1.82) is 0 Å². The van der Waals surface area contributed by atoms with Crippen LogP contribution in [-0.4, -0.2) is 32.6 Å². The number of esters is 1. The average molecular weight is 524 g/mol. The van der Waals surface area contributed by atoms with E-state index in [1.54, 1.807) is 14.2 Å². The highest BCUT2D eigenvalue weighted by Gasteiger charge is 2.42. The molecule has 1 heterocycles. The molecule has 0 aromatic heterocycles. The van der Waals surface area contributed by atoms with Crippen LogP contribution in [0.25, 0.3) is 0 Å². The van der Waals surface area contributed by atoms with Crippen molar-refractivity contribution in [3.8, 4) is 11.5 Å². The van der Waals surface area contributed by atoms with Crippen LogP contribution in [0.2, 0.25) is 0 Å². The fourth-order valence-electron chi connectivity index (χ4n) is 5.62. The Balaban J connectivity index is 1.48. The van der Waals surface area contributed by atoms with Gasteiger partial charge >= 0.3 is 5.97 Å². The highest BCUT2D eigenvalue weighted by Crippen LogP contribution is 2.47. The number of rotatable bonds is 8. The topological polar surface area (TPSA) is 73.9 Å². The number of allylic oxidation sites excluding steroid dienone is 3. The third-order valence-electron chi connectivity index (χ3n) is 7.55. The molecule has 2 aliphatic rings. The minimum atomic E-state index is -0.578. The van der Waals surface area contributed by atoms with Crippen molar-refractivity contribution in [2.45, 2.75) is 38.0 Å². The SMILES string of the molecule is COc1ccc([C@H]2CC(=O)C3=C(C2)NC(C)=C(C(=O)OCCc2ccccc2)[C@@H]3c2ccccc2OC)cc1. The fraction of sp³-hybridized carbons (Fsp3) is 0.273. The summed E-state index contributed by atoms with van der Waals surface area (Å²) in [6.45, 7) is 2.12. The van der Waals surface area contributed by atoms with E-state index in [-0.39, 0.29) is 18.3 Å². The first kappa shape index (κ1) is 26.3. The number of Topliss-reactive ketones (excluding diaryl/α,β-unsaturated/α-hetero) is 1. The predicted molar refractivity (Wildman–Crippen MR) is 150 cm³/mol. The number of ketones is 1. The molecule has 0 spiro atoms. The lowest BCUT2D eigenvalue weighted by Crippen LogP contribution is -2.36. The van der Waals surface area contributed by atoms with Gasteiger partial charge in [-0.2, -0.15) is 0 Å². The van der Waals surface area contributed by atoms with Gasteiger partial charge in [-0.25, -0.2) is 4.79 Å². The number of carbonyl (C=O) groups excluding carboxylic acids is 2. The lowest BCUT2D eigenvalue weighted by molar-refractivity contribution is -0.139. The molecule has 0 unspecified atom stereocenters. The Kier molecular flexibility index (Phi) is 7.82. The Morgan fingerprint density at radius 3 is 2.33 bits per heavy atom. The van der Waals surface area contributed by atoms with Crippen molar-refractivity contribution in [2.75, 3.05) is 20.8 Å². The van der Waals surface area contributed by atoms with E-state index in [1.165, 1.54) is 0 Å². The maximum absolute atomic E-state index is 13.9. The van der Waals surface area contributed by atoms with Crippen LogP contribution >= 0.6 is 0 Å². The van der Waals surface area contributed by atoms with Crippen molar-refractivity contribution in [1.82, 2.24) is 5.32 Å². The van der Waals surface area contributed by atoms with E-state index in [4.69, 9.17) is 14.2 Å². The van der Waals surface area contributed by atoms with Crippen LogP contribution in [0.1, 0.15) is 48.3 Å². The number of benzene rings is 3. The third-order valence-corrected chi connectivity index (χ3v) is 7.55. The summed E-state index contributed by atoms with van der Waals surface area (Å²) in [5.41, 5.74) is 5.56. The maximum atomic E-state index is 13.9. The third kappa shape index (κ3) is 5.46. The zero-order chi connectivity index (χ0) is 27.4. The molecular weight excluding hydrogens is 490 g/mol. The molecule has 0 saturated heterocycles. The van der Waals surface area contributed by atoms with Crippen molar-refractivity contribution >= 4 is 11.8 Å². The Bertz CT molecular complexity index is 1420. The minimum Gasteiger partial charge on any atom is -0.497 e. The van der Waals surface area contributed by atoms with Crippen LogP contribution < -0.4 is 14.8 Å². The van der Waals surface area contributed by atoms with Crippen molar-refractivity contribution in [3.63, 3.8) is 0 Å². The molecule has 1 aliphatic carbocycles. The number of dihydropyridines is 1. The van der Waals surface area contributed by atoms with Gasteiger partial charge in [-0.05, 0) is 48.6 Å². The molecule has 0 radical (unpaired) electrons. The predicted octanol–water partition coefficient (Wildman–Crippen LogP) is 5.85. The fourth-order valence-corrected chi connectivity index (χ4v) is 5.62. The van der Waals surface area contributed by atoms with Crippen LogP contribution in [0.15, 0.2) is 101 Å². The molecule has 3 aromatic rings. The van der Waals surface area contributed by atoms with Gasteiger partial charge in [0.05, 0.1) is 32.3 Å². The molecular formula is C33H33NO5. The summed E-state index contributed by atoms with van der Waals surface area (Å²) in [7, 11) is 3.24. The second-order valence-electron chi connectivity index (χ2n) is 9.90. The van der Waals surface area contributed by atoms with Gasteiger partial charge in [-0.1, -0.05) is 60.7 Å². The standard InChI is InChI=1S/C33H33NO5/c1-21-30(33(36)39-18-17-22-9-5-4-6-10-22)31(26-11-7-8-12-29(26)38-3)32-27(34-21)19-24(20-28(32)35)23-13-15-25(37-2)16-14-23/h4-16,24,31,34H,17-20H2,1-3H3/t24-,31+/m1/s1. The Morgan fingerprint density at radius 1 is 0.897 bits per heavy atom. The van der Waals surface area contributed by atoms with Crippen molar-refractivity contribution < 1.29 is 23.8 Å². The van der Waals surface area contributed by atoms with E-state index in [0.29, 0.717) is 41.9 Å². The second kappa shape index (κ2) is 11.6. The van der Waals surface area contributed by atoms with Gasteiger partial charge in [0.1, 0.15) is 11.5 Å². The molecule has 6 nitrogen and oxygen atoms in total. The molecule has 200 valence electrons. The summed E-state index contributed by atoms with van der Waals surface area (Å²) in [6.07, 6.45) is 1.63. The lowest BCUT2D eigenvalue weighted by atomic mass is 9.71. The molecule has 0 fully saturated rings.